The Morgan fingerprint density at radius 1 is 1.15 bits per heavy atom. The molecule has 2 aromatic carbocycles. The van der Waals surface area contributed by atoms with Crippen molar-refractivity contribution in [1.29, 1.82) is 0 Å². The minimum atomic E-state index is 0.209. The Labute approximate surface area is 120 Å². The molecule has 106 valence electrons. The Morgan fingerprint density at radius 2 is 1.85 bits per heavy atom. The second kappa shape index (κ2) is 6.44. The van der Waals surface area contributed by atoms with Gasteiger partial charge >= 0.3 is 0 Å². The maximum Gasteiger partial charge on any atom is 0.122 e. The standard InChI is InChI=1S/C17H21NO2/c1-12-5-4-6-15(17(12)19)11-18-13(2)14-7-9-16(20-3)10-8-14/h4-10,13,18-19H,11H2,1-3H3/t13-/m1/s1. The molecule has 0 radical (unpaired) electrons. The number of rotatable bonds is 5. The van der Waals surface area contributed by atoms with Crippen molar-refractivity contribution in [3.63, 3.8) is 0 Å². The van der Waals surface area contributed by atoms with Crippen molar-refractivity contribution in [3.8, 4) is 11.5 Å². The van der Waals surface area contributed by atoms with Crippen molar-refractivity contribution in [3.05, 3.63) is 59.2 Å². The van der Waals surface area contributed by atoms with Crippen LogP contribution in [0.25, 0.3) is 0 Å². The fourth-order valence-electron chi connectivity index (χ4n) is 2.14. The van der Waals surface area contributed by atoms with Crippen LogP contribution in [0.4, 0.5) is 0 Å². The molecule has 0 spiro atoms. The topological polar surface area (TPSA) is 41.5 Å². The van der Waals surface area contributed by atoms with Gasteiger partial charge in [-0.15, -0.1) is 0 Å². The maximum absolute atomic E-state index is 9.99. The summed E-state index contributed by atoms with van der Waals surface area (Å²) in [5.41, 5.74) is 3.02. The number of methoxy groups -OCH3 is 1. The lowest BCUT2D eigenvalue weighted by Crippen LogP contribution is -2.18. The van der Waals surface area contributed by atoms with Gasteiger partial charge in [-0.05, 0) is 37.1 Å². The monoisotopic (exact) mass is 271 g/mol. The van der Waals surface area contributed by atoms with Gasteiger partial charge < -0.3 is 15.2 Å². The van der Waals surface area contributed by atoms with Crippen molar-refractivity contribution in [2.75, 3.05) is 7.11 Å². The van der Waals surface area contributed by atoms with E-state index in [9.17, 15) is 5.11 Å². The molecule has 0 aromatic heterocycles. The third-order valence-corrected chi connectivity index (χ3v) is 3.54. The highest BCUT2D eigenvalue weighted by atomic mass is 16.5. The van der Waals surface area contributed by atoms with Gasteiger partial charge in [0.15, 0.2) is 0 Å². The molecular weight excluding hydrogens is 250 g/mol. The van der Waals surface area contributed by atoms with E-state index in [1.165, 1.54) is 5.56 Å². The summed E-state index contributed by atoms with van der Waals surface area (Å²) in [6.45, 7) is 4.65. The number of aryl methyl sites for hydroxylation is 1. The third-order valence-electron chi connectivity index (χ3n) is 3.54. The van der Waals surface area contributed by atoms with Crippen molar-refractivity contribution in [2.24, 2.45) is 0 Å². The molecule has 0 fully saturated rings. The summed E-state index contributed by atoms with van der Waals surface area (Å²) in [6, 6.07) is 14.0. The van der Waals surface area contributed by atoms with Crippen molar-refractivity contribution >= 4 is 0 Å². The zero-order valence-electron chi connectivity index (χ0n) is 12.2. The first kappa shape index (κ1) is 14.4. The lowest BCUT2D eigenvalue weighted by molar-refractivity contribution is 0.414. The number of hydrogen-bond donors (Lipinski definition) is 2. The summed E-state index contributed by atoms with van der Waals surface area (Å²) in [7, 11) is 1.66. The summed E-state index contributed by atoms with van der Waals surface area (Å²) >= 11 is 0. The lowest BCUT2D eigenvalue weighted by atomic mass is 10.1. The lowest BCUT2D eigenvalue weighted by Gasteiger charge is -2.16. The molecule has 3 nitrogen and oxygen atoms in total. The highest BCUT2D eigenvalue weighted by Crippen LogP contribution is 2.23. The first-order valence-electron chi connectivity index (χ1n) is 6.76. The minimum absolute atomic E-state index is 0.209. The average molecular weight is 271 g/mol. The van der Waals surface area contributed by atoms with Crippen LogP contribution in [0.5, 0.6) is 11.5 Å². The number of para-hydroxylation sites is 1. The number of benzene rings is 2. The fraction of sp³-hybridized carbons (Fsp3) is 0.294. The normalized spacial score (nSPS) is 12.2. The number of phenolic OH excluding ortho intramolecular Hbond substituents is 1. The Hall–Kier alpha value is -2.00. The van der Waals surface area contributed by atoms with Crippen LogP contribution >= 0.6 is 0 Å². The number of phenols is 1. The second-order valence-electron chi connectivity index (χ2n) is 4.96. The molecule has 0 bridgehead atoms. The van der Waals surface area contributed by atoms with E-state index in [1.54, 1.807) is 7.11 Å². The summed E-state index contributed by atoms with van der Waals surface area (Å²) in [4.78, 5) is 0. The molecule has 2 rings (SSSR count). The highest BCUT2D eigenvalue weighted by molar-refractivity contribution is 5.39. The van der Waals surface area contributed by atoms with Crippen molar-refractivity contribution < 1.29 is 9.84 Å². The molecule has 0 saturated heterocycles. The van der Waals surface area contributed by atoms with Gasteiger partial charge in [0.1, 0.15) is 11.5 Å². The quantitative estimate of drug-likeness (QED) is 0.873. The summed E-state index contributed by atoms with van der Waals surface area (Å²) in [5.74, 6) is 1.24. The Morgan fingerprint density at radius 3 is 2.50 bits per heavy atom. The largest absolute Gasteiger partial charge is 0.507 e. The van der Waals surface area contributed by atoms with Gasteiger partial charge in [0.2, 0.25) is 0 Å². The molecular formula is C17H21NO2. The van der Waals surface area contributed by atoms with Gasteiger partial charge in [-0.1, -0.05) is 30.3 Å². The Kier molecular flexibility index (Phi) is 4.64. The summed E-state index contributed by atoms with van der Waals surface area (Å²) in [5, 5.41) is 13.4. The molecule has 0 heterocycles. The summed E-state index contributed by atoms with van der Waals surface area (Å²) in [6.07, 6.45) is 0. The number of aromatic hydroxyl groups is 1. The van der Waals surface area contributed by atoms with E-state index in [4.69, 9.17) is 4.74 Å². The smallest absolute Gasteiger partial charge is 0.122 e. The number of ether oxygens (including phenoxy) is 1. The Balaban J connectivity index is 2.00. The van der Waals surface area contributed by atoms with E-state index in [1.807, 2.05) is 49.4 Å². The molecule has 2 aromatic rings. The summed E-state index contributed by atoms with van der Waals surface area (Å²) < 4.78 is 5.15. The molecule has 0 aliphatic rings. The molecule has 2 N–H and O–H groups in total. The third kappa shape index (κ3) is 3.31. The molecule has 0 saturated carbocycles. The van der Waals surface area contributed by atoms with E-state index in [-0.39, 0.29) is 6.04 Å². The molecule has 1 atom stereocenters. The van der Waals surface area contributed by atoms with Gasteiger partial charge in [-0.3, -0.25) is 0 Å². The van der Waals surface area contributed by atoms with Crippen LogP contribution in [-0.2, 0) is 6.54 Å². The van der Waals surface area contributed by atoms with Crippen LogP contribution in [0.3, 0.4) is 0 Å². The molecule has 0 aliphatic heterocycles. The van der Waals surface area contributed by atoms with Gasteiger partial charge in [-0.25, -0.2) is 0 Å². The van der Waals surface area contributed by atoms with E-state index in [2.05, 4.69) is 12.2 Å². The predicted molar refractivity (Wildman–Crippen MR) is 81.1 cm³/mol. The highest BCUT2D eigenvalue weighted by Gasteiger charge is 2.08. The van der Waals surface area contributed by atoms with Gasteiger partial charge in [0.25, 0.3) is 0 Å². The SMILES string of the molecule is COc1ccc([C@@H](C)NCc2cccc(C)c2O)cc1. The molecule has 0 unspecified atom stereocenters. The molecule has 0 amide bonds. The zero-order valence-corrected chi connectivity index (χ0v) is 12.2. The van der Waals surface area contributed by atoms with Crippen LogP contribution in [0.15, 0.2) is 42.5 Å². The predicted octanol–water partition coefficient (Wildman–Crippen LogP) is 3.56. The first-order chi connectivity index (χ1) is 9.61. The van der Waals surface area contributed by atoms with Gasteiger partial charge in [0.05, 0.1) is 7.11 Å². The number of nitrogens with one attached hydrogen (secondary N) is 1. The van der Waals surface area contributed by atoms with E-state index < -0.39 is 0 Å². The molecule has 20 heavy (non-hydrogen) atoms. The average Bonchev–Trinajstić information content (AvgIpc) is 2.48. The maximum atomic E-state index is 9.99. The van der Waals surface area contributed by atoms with Crippen LogP contribution in [0.2, 0.25) is 0 Å². The number of hydrogen-bond acceptors (Lipinski definition) is 3. The first-order valence-corrected chi connectivity index (χ1v) is 6.76. The fourth-order valence-corrected chi connectivity index (χ4v) is 2.14. The zero-order chi connectivity index (χ0) is 14.5. The van der Waals surface area contributed by atoms with E-state index in [0.29, 0.717) is 12.3 Å². The van der Waals surface area contributed by atoms with Crippen LogP contribution < -0.4 is 10.1 Å². The van der Waals surface area contributed by atoms with Crippen molar-refractivity contribution in [2.45, 2.75) is 26.4 Å². The van der Waals surface area contributed by atoms with E-state index >= 15 is 0 Å². The van der Waals surface area contributed by atoms with Crippen LogP contribution in [0, 0.1) is 6.92 Å². The molecule has 3 heteroatoms. The minimum Gasteiger partial charge on any atom is -0.507 e. The molecule has 0 aliphatic carbocycles. The Bertz CT molecular complexity index is 564. The van der Waals surface area contributed by atoms with Gasteiger partial charge in [0, 0.05) is 18.2 Å². The van der Waals surface area contributed by atoms with Crippen molar-refractivity contribution in [1.82, 2.24) is 5.32 Å². The van der Waals surface area contributed by atoms with E-state index in [0.717, 1.165) is 16.9 Å². The van der Waals surface area contributed by atoms with Crippen LogP contribution in [0.1, 0.15) is 29.7 Å². The van der Waals surface area contributed by atoms with Gasteiger partial charge in [-0.2, -0.15) is 0 Å². The van der Waals surface area contributed by atoms with Crippen LogP contribution in [-0.4, -0.2) is 12.2 Å². The second-order valence-corrected chi connectivity index (χ2v) is 4.96.